The highest BCUT2D eigenvalue weighted by Crippen LogP contribution is 2.21. The van der Waals surface area contributed by atoms with Gasteiger partial charge in [-0.25, -0.2) is 0 Å². The summed E-state index contributed by atoms with van der Waals surface area (Å²) in [5, 5.41) is 1.38. The fourth-order valence-corrected chi connectivity index (χ4v) is 16.0. The van der Waals surface area contributed by atoms with Crippen molar-refractivity contribution in [1.29, 1.82) is 0 Å². The van der Waals surface area contributed by atoms with Crippen LogP contribution in [0.2, 0.25) is 45.8 Å². The normalized spacial score (nSPS) is 13.7. The molecule has 0 saturated carbocycles. The van der Waals surface area contributed by atoms with Gasteiger partial charge in [0, 0.05) is 0 Å². The van der Waals surface area contributed by atoms with E-state index in [2.05, 4.69) is 77.0 Å². The standard InChI is InChI=1S/C14H28O2Si3/c1-13-11-9-10-12-14(13)18(5,6)16-19(7,8)15-17(2,3)4/h9-12H,1-8H3. The Hall–Kier alpha value is -0.209. The SMILES string of the molecule is Cc1ccccc1[Si](C)(C)O[Si](C)(C)O[Si](C)(C)C. The van der Waals surface area contributed by atoms with Crippen LogP contribution in [-0.4, -0.2) is 25.2 Å². The zero-order chi connectivity index (χ0) is 14.9. The van der Waals surface area contributed by atoms with Crippen molar-refractivity contribution in [3.8, 4) is 0 Å². The van der Waals surface area contributed by atoms with Crippen molar-refractivity contribution in [3.05, 3.63) is 29.8 Å². The van der Waals surface area contributed by atoms with Gasteiger partial charge in [-0.1, -0.05) is 24.3 Å². The van der Waals surface area contributed by atoms with E-state index in [4.69, 9.17) is 8.23 Å². The predicted octanol–water partition coefficient (Wildman–Crippen LogP) is 3.98. The van der Waals surface area contributed by atoms with E-state index in [0.717, 1.165) is 0 Å². The average molecular weight is 313 g/mol. The molecular weight excluding hydrogens is 284 g/mol. The van der Waals surface area contributed by atoms with Crippen LogP contribution in [0.5, 0.6) is 0 Å². The van der Waals surface area contributed by atoms with Crippen molar-refractivity contribution < 1.29 is 8.23 Å². The number of hydrogen-bond donors (Lipinski definition) is 0. The van der Waals surface area contributed by atoms with E-state index in [9.17, 15) is 0 Å². The van der Waals surface area contributed by atoms with Crippen molar-refractivity contribution in [2.24, 2.45) is 0 Å². The Morgan fingerprint density at radius 1 is 0.789 bits per heavy atom. The first-order valence-electron chi connectivity index (χ1n) is 6.89. The molecule has 19 heavy (non-hydrogen) atoms. The van der Waals surface area contributed by atoms with Gasteiger partial charge in [-0.15, -0.1) is 0 Å². The molecule has 0 heterocycles. The van der Waals surface area contributed by atoms with Crippen molar-refractivity contribution in [1.82, 2.24) is 0 Å². The Morgan fingerprint density at radius 3 is 1.79 bits per heavy atom. The summed E-state index contributed by atoms with van der Waals surface area (Å²) in [5.74, 6) is 0. The fourth-order valence-electron chi connectivity index (χ4n) is 2.68. The summed E-state index contributed by atoms with van der Waals surface area (Å²) in [6, 6.07) is 8.57. The van der Waals surface area contributed by atoms with E-state index in [-0.39, 0.29) is 0 Å². The lowest BCUT2D eigenvalue weighted by Crippen LogP contribution is -2.57. The van der Waals surface area contributed by atoms with E-state index < -0.39 is 25.2 Å². The van der Waals surface area contributed by atoms with E-state index in [0.29, 0.717) is 0 Å². The van der Waals surface area contributed by atoms with Crippen LogP contribution in [-0.2, 0) is 8.23 Å². The Balaban J connectivity index is 2.94. The smallest absolute Gasteiger partial charge is 0.311 e. The maximum absolute atomic E-state index is 6.56. The van der Waals surface area contributed by atoms with Crippen LogP contribution in [0.4, 0.5) is 0 Å². The molecule has 108 valence electrons. The van der Waals surface area contributed by atoms with E-state index in [1.165, 1.54) is 10.8 Å². The zero-order valence-corrected chi connectivity index (χ0v) is 16.6. The zero-order valence-electron chi connectivity index (χ0n) is 13.6. The molecule has 0 bridgehead atoms. The first kappa shape index (κ1) is 16.8. The van der Waals surface area contributed by atoms with Crippen LogP contribution in [0, 0.1) is 6.92 Å². The minimum atomic E-state index is -2.06. The highest BCUT2D eigenvalue weighted by Gasteiger charge is 2.39. The summed E-state index contributed by atoms with van der Waals surface area (Å²) < 4.78 is 12.9. The molecule has 1 rings (SSSR count). The minimum absolute atomic E-state index is 1.33. The molecule has 0 unspecified atom stereocenters. The molecule has 0 spiro atoms. The molecule has 0 atom stereocenters. The van der Waals surface area contributed by atoms with Crippen LogP contribution in [0.3, 0.4) is 0 Å². The second-order valence-corrected chi connectivity index (χ2v) is 19.3. The van der Waals surface area contributed by atoms with Gasteiger partial charge in [0.2, 0.25) is 8.32 Å². The molecule has 0 aromatic heterocycles. The number of hydrogen-bond acceptors (Lipinski definition) is 2. The molecule has 2 nitrogen and oxygen atoms in total. The van der Waals surface area contributed by atoms with Crippen LogP contribution < -0.4 is 5.19 Å². The third-order valence-corrected chi connectivity index (χ3v) is 13.1. The van der Waals surface area contributed by atoms with Crippen molar-refractivity contribution in [2.75, 3.05) is 0 Å². The molecule has 0 amide bonds. The van der Waals surface area contributed by atoms with Crippen molar-refractivity contribution in [3.63, 3.8) is 0 Å². The summed E-state index contributed by atoms with van der Waals surface area (Å²) in [6.07, 6.45) is 0. The molecule has 5 heteroatoms. The van der Waals surface area contributed by atoms with Crippen molar-refractivity contribution in [2.45, 2.75) is 52.8 Å². The summed E-state index contributed by atoms with van der Waals surface area (Å²) in [5.41, 5.74) is 1.33. The van der Waals surface area contributed by atoms with Gasteiger partial charge in [0.05, 0.1) is 0 Å². The molecule has 0 fully saturated rings. The summed E-state index contributed by atoms with van der Waals surface area (Å²) in [6.45, 7) is 17.8. The van der Waals surface area contributed by atoms with Gasteiger partial charge in [0.1, 0.15) is 0 Å². The molecule has 0 aliphatic rings. The summed E-state index contributed by atoms with van der Waals surface area (Å²) in [7, 11) is -5.50. The largest absolute Gasteiger partial charge is 0.437 e. The van der Waals surface area contributed by atoms with Gasteiger partial charge in [-0.2, -0.15) is 0 Å². The highest BCUT2D eigenvalue weighted by atomic mass is 28.5. The topological polar surface area (TPSA) is 18.5 Å². The van der Waals surface area contributed by atoms with Crippen LogP contribution in [0.25, 0.3) is 0 Å². The highest BCUT2D eigenvalue weighted by molar-refractivity contribution is 6.93. The Morgan fingerprint density at radius 2 is 1.32 bits per heavy atom. The lowest BCUT2D eigenvalue weighted by molar-refractivity contribution is 0.398. The number of aryl methyl sites for hydroxylation is 1. The molecule has 0 aliphatic heterocycles. The Kier molecular flexibility index (Phi) is 5.01. The molecule has 0 radical (unpaired) electrons. The van der Waals surface area contributed by atoms with Gasteiger partial charge in [0.25, 0.3) is 0 Å². The third-order valence-electron chi connectivity index (χ3n) is 2.85. The maximum Gasteiger partial charge on any atom is 0.311 e. The first-order valence-corrected chi connectivity index (χ1v) is 16.0. The van der Waals surface area contributed by atoms with Crippen LogP contribution in [0.1, 0.15) is 5.56 Å². The second-order valence-electron chi connectivity index (χ2n) is 7.04. The van der Waals surface area contributed by atoms with Gasteiger partial charge >= 0.3 is 8.56 Å². The minimum Gasteiger partial charge on any atom is -0.437 e. The van der Waals surface area contributed by atoms with E-state index in [1.54, 1.807) is 0 Å². The molecule has 0 saturated heterocycles. The lowest BCUT2D eigenvalue weighted by Gasteiger charge is -2.38. The molecule has 1 aromatic carbocycles. The average Bonchev–Trinajstić information content (AvgIpc) is 2.11. The lowest BCUT2D eigenvalue weighted by atomic mass is 10.2. The fraction of sp³-hybridized carbons (Fsp3) is 0.571. The predicted molar refractivity (Wildman–Crippen MR) is 91.3 cm³/mol. The van der Waals surface area contributed by atoms with Crippen LogP contribution in [0.15, 0.2) is 24.3 Å². The summed E-state index contributed by atoms with van der Waals surface area (Å²) in [4.78, 5) is 0. The Bertz CT molecular complexity index is 437. The number of rotatable bonds is 5. The quantitative estimate of drug-likeness (QED) is 0.766. The van der Waals surface area contributed by atoms with E-state index in [1.807, 2.05) is 0 Å². The van der Waals surface area contributed by atoms with Gasteiger partial charge in [-0.05, 0) is 63.5 Å². The van der Waals surface area contributed by atoms with Gasteiger partial charge < -0.3 is 8.23 Å². The van der Waals surface area contributed by atoms with Crippen LogP contribution >= 0.6 is 0 Å². The second kappa shape index (κ2) is 5.65. The molecule has 0 N–H and O–H groups in total. The molecule has 1 aromatic rings. The van der Waals surface area contributed by atoms with Gasteiger partial charge in [0.15, 0.2) is 8.32 Å². The Labute approximate surface area is 121 Å². The number of benzene rings is 1. The van der Waals surface area contributed by atoms with E-state index >= 15 is 0 Å². The third kappa shape index (κ3) is 5.35. The maximum atomic E-state index is 6.56. The van der Waals surface area contributed by atoms with Crippen molar-refractivity contribution >= 4 is 30.4 Å². The van der Waals surface area contributed by atoms with Gasteiger partial charge in [-0.3, -0.25) is 0 Å². The summed E-state index contributed by atoms with van der Waals surface area (Å²) >= 11 is 0. The first-order chi connectivity index (χ1) is 8.43. The monoisotopic (exact) mass is 312 g/mol. The molecular formula is C14H28O2Si3. The molecule has 0 aliphatic carbocycles.